The predicted molar refractivity (Wildman–Crippen MR) is 51.7 cm³/mol. The standard InChI is InChI=1S/C9H20N2O2/c1-11-7-5-9(13-3)8(12-2)4-6(7)10/h6-9,11H,4-5,10H2,1-3H3. The van der Waals surface area contributed by atoms with Gasteiger partial charge in [0, 0.05) is 26.3 Å². The number of likely N-dealkylation sites (N-methyl/N-ethyl adjacent to an activating group) is 1. The second-order valence-corrected chi connectivity index (χ2v) is 3.58. The number of methoxy groups -OCH3 is 2. The first-order valence-corrected chi connectivity index (χ1v) is 4.71. The molecule has 0 aromatic carbocycles. The van der Waals surface area contributed by atoms with E-state index >= 15 is 0 Å². The minimum absolute atomic E-state index is 0.143. The van der Waals surface area contributed by atoms with Gasteiger partial charge in [0.15, 0.2) is 0 Å². The molecule has 4 unspecified atom stereocenters. The van der Waals surface area contributed by atoms with E-state index in [0.29, 0.717) is 6.04 Å². The predicted octanol–water partition coefficient (Wildman–Crippen LogP) is -0.274. The summed E-state index contributed by atoms with van der Waals surface area (Å²) in [5.41, 5.74) is 5.97. The lowest BCUT2D eigenvalue weighted by atomic mass is 9.86. The summed E-state index contributed by atoms with van der Waals surface area (Å²) in [7, 11) is 5.37. The van der Waals surface area contributed by atoms with Crippen molar-refractivity contribution >= 4 is 0 Å². The van der Waals surface area contributed by atoms with E-state index in [1.807, 2.05) is 7.05 Å². The van der Waals surface area contributed by atoms with Crippen LogP contribution in [0.5, 0.6) is 0 Å². The summed E-state index contributed by atoms with van der Waals surface area (Å²) in [6.45, 7) is 0. The van der Waals surface area contributed by atoms with Crippen molar-refractivity contribution in [3.8, 4) is 0 Å². The van der Waals surface area contributed by atoms with Crippen LogP contribution in [0.4, 0.5) is 0 Å². The van der Waals surface area contributed by atoms with Crippen LogP contribution >= 0.6 is 0 Å². The summed E-state index contributed by atoms with van der Waals surface area (Å²) >= 11 is 0. The van der Waals surface area contributed by atoms with Crippen LogP contribution in [0.2, 0.25) is 0 Å². The van der Waals surface area contributed by atoms with Crippen LogP contribution in [-0.4, -0.2) is 45.6 Å². The minimum atomic E-state index is 0.143. The van der Waals surface area contributed by atoms with E-state index in [4.69, 9.17) is 15.2 Å². The Hall–Kier alpha value is -0.160. The molecule has 0 bridgehead atoms. The lowest BCUT2D eigenvalue weighted by Crippen LogP contribution is -2.54. The van der Waals surface area contributed by atoms with Crippen molar-refractivity contribution in [2.75, 3.05) is 21.3 Å². The lowest BCUT2D eigenvalue weighted by Gasteiger charge is -2.38. The maximum Gasteiger partial charge on any atom is 0.0848 e. The molecular formula is C9H20N2O2. The van der Waals surface area contributed by atoms with Crippen LogP contribution in [0.15, 0.2) is 0 Å². The summed E-state index contributed by atoms with van der Waals surface area (Å²) < 4.78 is 10.7. The molecule has 0 amide bonds. The molecule has 78 valence electrons. The molecule has 1 rings (SSSR count). The van der Waals surface area contributed by atoms with Gasteiger partial charge < -0.3 is 20.5 Å². The van der Waals surface area contributed by atoms with Crippen LogP contribution < -0.4 is 11.1 Å². The number of rotatable bonds is 3. The van der Waals surface area contributed by atoms with Gasteiger partial charge in [-0.1, -0.05) is 0 Å². The first-order chi connectivity index (χ1) is 6.22. The maximum absolute atomic E-state index is 5.97. The highest BCUT2D eigenvalue weighted by Gasteiger charge is 2.34. The Morgan fingerprint density at radius 1 is 1.15 bits per heavy atom. The van der Waals surface area contributed by atoms with Crippen LogP contribution in [0.25, 0.3) is 0 Å². The Balaban J connectivity index is 2.54. The third kappa shape index (κ3) is 2.40. The van der Waals surface area contributed by atoms with Crippen molar-refractivity contribution in [3.05, 3.63) is 0 Å². The number of nitrogens with two attached hydrogens (primary N) is 1. The molecule has 4 atom stereocenters. The number of ether oxygens (including phenoxy) is 2. The van der Waals surface area contributed by atoms with Crippen LogP contribution in [0, 0.1) is 0 Å². The van der Waals surface area contributed by atoms with Crippen LogP contribution in [-0.2, 0) is 9.47 Å². The fourth-order valence-electron chi connectivity index (χ4n) is 1.99. The van der Waals surface area contributed by atoms with E-state index in [-0.39, 0.29) is 18.2 Å². The van der Waals surface area contributed by atoms with E-state index in [0.717, 1.165) is 12.8 Å². The van der Waals surface area contributed by atoms with E-state index in [1.54, 1.807) is 14.2 Å². The fraction of sp³-hybridized carbons (Fsp3) is 1.00. The Labute approximate surface area is 79.8 Å². The van der Waals surface area contributed by atoms with Gasteiger partial charge in [0.25, 0.3) is 0 Å². The molecule has 0 aliphatic heterocycles. The van der Waals surface area contributed by atoms with Crippen molar-refractivity contribution in [2.24, 2.45) is 5.73 Å². The highest BCUT2D eigenvalue weighted by atomic mass is 16.5. The van der Waals surface area contributed by atoms with Crippen molar-refractivity contribution in [3.63, 3.8) is 0 Å². The number of hydrogen-bond donors (Lipinski definition) is 2. The molecule has 1 saturated carbocycles. The number of nitrogens with one attached hydrogen (secondary N) is 1. The van der Waals surface area contributed by atoms with Gasteiger partial charge >= 0.3 is 0 Å². The molecule has 1 fully saturated rings. The maximum atomic E-state index is 5.97. The summed E-state index contributed by atoms with van der Waals surface area (Å²) in [5.74, 6) is 0. The second kappa shape index (κ2) is 4.91. The van der Waals surface area contributed by atoms with Crippen LogP contribution in [0.3, 0.4) is 0 Å². The average Bonchev–Trinajstić information content (AvgIpc) is 2.17. The molecule has 0 aromatic rings. The van der Waals surface area contributed by atoms with Gasteiger partial charge in [-0.3, -0.25) is 0 Å². The molecule has 4 heteroatoms. The monoisotopic (exact) mass is 188 g/mol. The highest BCUT2D eigenvalue weighted by molar-refractivity contribution is 4.92. The second-order valence-electron chi connectivity index (χ2n) is 3.58. The molecule has 0 aromatic heterocycles. The average molecular weight is 188 g/mol. The van der Waals surface area contributed by atoms with Gasteiger partial charge in [-0.25, -0.2) is 0 Å². The fourth-order valence-corrected chi connectivity index (χ4v) is 1.99. The Kier molecular flexibility index (Phi) is 4.12. The van der Waals surface area contributed by atoms with E-state index in [2.05, 4.69) is 5.32 Å². The van der Waals surface area contributed by atoms with Gasteiger partial charge in [0.1, 0.15) is 0 Å². The Morgan fingerprint density at radius 2 is 1.69 bits per heavy atom. The zero-order valence-electron chi connectivity index (χ0n) is 8.62. The number of hydrogen-bond acceptors (Lipinski definition) is 4. The van der Waals surface area contributed by atoms with Gasteiger partial charge in [0.2, 0.25) is 0 Å². The zero-order valence-corrected chi connectivity index (χ0v) is 8.62. The third-order valence-corrected chi connectivity index (χ3v) is 2.90. The molecule has 4 nitrogen and oxygen atoms in total. The van der Waals surface area contributed by atoms with Crippen molar-refractivity contribution in [1.82, 2.24) is 5.32 Å². The summed E-state index contributed by atoms with van der Waals surface area (Å²) in [6, 6.07) is 0.512. The minimum Gasteiger partial charge on any atom is -0.379 e. The van der Waals surface area contributed by atoms with E-state index < -0.39 is 0 Å². The third-order valence-electron chi connectivity index (χ3n) is 2.90. The highest BCUT2D eigenvalue weighted by Crippen LogP contribution is 2.22. The smallest absolute Gasteiger partial charge is 0.0848 e. The molecule has 13 heavy (non-hydrogen) atoms. The first-order valence-electron chi connectivity index (χ1n) is 4.71. The van der Waals surface area contributed by atoms with Crippen LogP contribution in [0.1, 0.15) is 12.8 Å². The van der Waals surface area contributed by atoms with Gasteiger partial charge in [-0.05, 0) is 19.9 Å². The van der Waals surface area contributed by atoms with Crippen molar-refractivity contribution in [2.45, 2.75) is 37.1 Å². The Bertz CT molecular complexity index is 155. The summed E-state index contributed by atoms with van der Waals surface area (Å²) in [4.78, 5) is 0. The SMILES string of the molecule is CNC1CC(OC)C(OC)CC1N. The lowest BCUT2D eigenvalue weighted by molar-refractivity contribution is -0.0685. The molecule has 0 saturated heterocycles. The van der Waals surface area contributed by atoms with Crippen molar-refractivity contribution < 1.29 is 9.47 Å². The summed E-state index contributed by atoms with van der Waals surface area (Å²) in [5, 5.41) is 3.20. The molecule has 0 heterocycles. The van der Waals surface area contributed by atoms with Gasteiger partial charge in [0.05, 0.1) is 12.2 Å². The zero-order chi connectivity index (χ0) is 9.84. The van der Waals surface area contributed by atoms with E-state index in [1.165, 1.54) is 0 Å². The summed E-state index contributed by atoms with van der Waals surface area (Å²) in [6.07, 6.45) is 2.10. The van der Waals surface area contributed by atoms with Gasteiger partial charge in [-0.2, -0.15) is 0 Å². The Morgan fingerprint density at radius 3 is 2.15 bits per heavy atom. The first kappa shape index (κ1) is 10.9. The molecule has 3 N–H and O–H groups in total. The quantitative estimate of drug-likeness (QED) is 0.640. The molecular weight excluding hydrogens is 168 g/mol. The largest absolute Gasteiger partial charge is 0.379 e. The molecule has 0 spiro atoms. The van der Waals surface area contributed by atoms with Crippen molar-refractivity contribution in [1.29, 1.82) is 0 Å². The molecule has 1 aliphatic rings. The molecule has 0 radical (unpaired) electrons. The van der Waals surface area contributed by atoms with Gasteiger partial charge in [-0.15, -0.1) is 0 Å². The van der Waals surface area contributed by atoms with E-state index in [9.17, 15) is 0 Å². The molecule has 1 aliphatic carbocycles. The topological polar surface area (TPSA) is 56.5 Å². The normalized spacial score (nSPS) is 40.6.